The summed E-state index contributed by atoms with van der Waals surface area (Å²) in [5, 5.41) is 4.28. The number of fused-ring (bicyclic) bond motifs is 1. The first-order chi connectivity index (χ1) is 21.9. The standard InChI is InChI=1S/C39H43Cl2FN2O/c1-30-36-17-9-8-12-32(36)25-29-43(30)44(38(45)24-21-31-19-22-35(42)23-20-31)28-11-27-39(26-10-18-37(40)41,33-13-4-2-5-14-33)34-15-6-3-7-16-34/h2-9,12-17,19-20,22-23,30,37H,10-11,18,21,24-29H2,1H3. The van der Waals surface area contributed by atoms with Crippen molar-refractivity contribution in [3.63, 3.8) is 0 Å². The predicted molar refractivity (Wildman–Crippen MR) is 184 cm³/mol. The van der Waals surface area contributed by atoms with Gasteiger partial charge in [0.25, 0.3) is 0 Å². The summed E-state index contributed by atoms with van der Waals surface area (Å²) in [7, 11) is 0. The van der Waals surface area contributed by atoms with E-state index >= 15 is 0 Å². The lowest BCUT2D eigenvalue weighted by Gasteiger charge is -2.43. The highest BCUT2D eigenvalue weighted by Gasteiger charge is 2.35. The van der Waals surface area contributed by atoms with Gasteiger partial charge in [0.2, 0.25) is 5.91 Å². The molecule has 0 saturated carbocycles. The van der Waals surface area contributed by atoms with Gasteiger partial charge in [-0.15, -0.1) is 23.2 Å². The molecule has 1 amide bonds. The van der Waals surface area contributed by atoms with Crippen molar-refractivity contribution in [1.29, 1.82) is 0 Å². The third-order valence-electron chi connectivity index (χ3n) is 9.35. The molecule has 1 aliphatic rings. The summed E-state index contributed by atoms with van der Waals surface area (Å²) >= 11 is 12.4. The van der Waals surface area contributed by atoms with E-state index < -0.39 is 4.84 Å². The maximum atomic E-state index is 14.1. The molecule has 0 fully saturated rings. The van der Waals surface area contributed by atoms with Crippen molar-refractivity contribution < 1.29 is 9.18 Å². The van der Waals surface area contributed by atoms with Gasteiger partial charge in [-0.25, -0.2) is 9.40 Å². The lowest BCUT2D eigenvalue weighted by Crippen LogP contribution is -2.51. The SMILES string of the molecule is CC1c2ccccc2CCN1N(CCCC(CCCC(Cl)Cl)(c1ccccc1)c1ccccc1)C(=O)CCc1ccc(F)cc1. The smallest absolute Gasteiger partial charge is 0.237 e. The highest BCUT2D eigenvalue weighted by molar-refractivity contribution is 6.44. The maximum Gasteiger partial charge on any atom is 0.237 e. The van der Waals surface area contributed by atoms with E-state index in [1.165, 1.54) is 34.4 Å². The number of amides is 1. The molecule has 0 aromatic heterocycles. The van der Waals surface area contributed by atoms with Crippen molar-refractivity contribution in [3.8, 4) is 0 Å². The van der Waals surface area contributed by atoms with Crippen LogP contribution in [-0.2, 0) is 23.1 Å². The lowest BCUT2D eigenvalue weighted by atomic mass is 9.68. The highest BCUT2D eigenvalue weighted by atomic mass is 35.5. The molecule has 1 unspecified atom stereocenters. The van der Waals surface area contributed by atoms with Gasteiger partial charge in [-0.1, -0.05) is 97.1 Å². The molecule has 0 spiro atoms. The van der Waals surface area contributed by atoms with Crippen molar-refractivity contribution in [2.75, 3.05) is 13.1 Å². The first kappa shape index (κ1) is 33.2. The molecule has 1 heterocycles. The second-order valence-electron chi connectivity index (χ2n) is 12.1. The Morgan fingerprint density at radius 1 is 0.867 bits per heavy atom. The summed E-state index contributed by atoms with van der Waals surface area (Å²) in [6.07, 6.45) is 6.06. The minimum Gasteiger partial charge on any atom is -0.275 e. The lowest BCUT2D eigenvalue weighted by molar-refractivity contribution is -0.155. The van der Waals surface area contributed by atoms with Crippen LogP contribution in [0.15, 0.2) is 109 Å². The molecule has 3 nitrogen and oxygen atoms in total. The summed E-state index contributed by atoms with van der Waals surface area (Å²) < 4.78 is 13.5. The van der Waals surface area contributed by atoms with Crippen LogP contribution in [0.4, 0.5) is 4.39 Å². The minimum atomic E-state index is -0.396. The van der Waals surface area contributed by atoms with E-state index in [2.05, 4.69) is 96.9 Å². The Morgan fingerprint density at radius 2 is 1.47 bits per heavy atom. The summed E-state index contributed by atoms with van der Waals surface area (Å²) in [5.41, 5.74) is 5.89. The van der Waals surface area contributed by atoms with E-state index in [0.29, 0.717) is 19.4 Å². The second kappa shape index (κ2) is 15.9. The zero-order valence-corrected chi connectivity index (χ0v) is 27.6. The van der Waals surface area contributed by atoms with Crippen molar-refractivity contribution in [3.05, 3.63) is 143 Å². The second-order valence-corrected chi connectivity index (χ2v) is 13.4. The Hall–Kier alpha value is -3.18. The monoisotopic (exact) mass is 644 g/mol. The Morgan fingerprint density at radius 3 is 2.11 bits per heavy atom. The summed E-state index contributed by atoms with van der Waals surface area (Å²) in [5.74, 6) is -0.164. The van der Waals surface area contributed by atoms with Gasteiger partial charge < -0.3 is 0 Å². The minimum absolute atomic E-state index is 0.0853. The van der Waals surface area contributed by atoms with Crippen LogP contribution in [0.3, 0.4) is 0 Å². The third-order valence-corrected chi connectivity index (χ3v) is 9.79. The molecule has 1 atom stereocenters. The summed E-state index contributed by atoms with van der Waals surface area (Å²) in [6, 6.07) is 36.6. The molecule has 236 valence electrons. The molecule has 0 N–H and O–H groups in total. The fourth-order valence-corrected chi connectivity index (χ4v) is 7.30. The number of hydrogen-bond acceptors (Lipinski definition) is 2. The fraction of sp³-hybridized carbons (Fsp3) is 0.359. The molecule has 4 aromatic rings. The Bertz CT molecular complexity index is 1460. The van der Waals surface area contributed by atoms with Crippen LogP contribution in [0.25, 0.3) is 0 Å². The van der Waals surface area contributed by atoms with Crippen LogP contribution >= 0.6 is 23.2 Å². The van der Waals surface area contributed by atoms with Crippen molar-refractivity contribution in [2.24, 2.45) is 0 Å². The molecule has 0 bridgehead atoms. The number of alkyl halides is 2. The van der Waals surface area contributed by atoms with Crippen LogP contribution in [0.1, 0.15) is 79.3 Å². The Labute approximate surface area is 277 Å². The van der Waals surface area contributed by atoms with Crippen molar-refractivity contribution in [2.45, 2.75) is 74.6 Å². The first-order valence-corrected chi connectivity index (χ1v) is 17.0. The number of rotatable bonds is 14. The van der Waals surface area contributed by atoms with Crippen LogP contribution < -0.4 is 0 Å². The number of carbonyl (C=O) groups excluding carboxylic acids is 1. The zero-order chi connectivity index (χ0) is 31.6. The third kappa shape index (κ3) is 8.35. The quantitative estimate of drug-likeness (QED) is 0.128. The highest BCUT2D eigenvalue weighted by Crippen LogP contribution is 2.42. The van der Waals surface area contributed by atoms with E-state index in [1.807, 2.05) is 5.01 Å². The normalized spacial score (nSPS) is 15.2. The first-order valence-electron chi connectivity index (χ1n) is 16.2. The van der Waals surface area contributed by atoms with Crippen LogP contribution in [0, 0.1) is 5.82 Å². The number of halogens is 3. The number of benzene rings is 4. The fourth-order valence-electron chi connectivity index (χ4n) is 6.99. The van der Waals surface area contributed by atoms with Gasteiger partial charge in [0.15, 0.2) is 0 Å². The molecule has 1 aliphatic heterocycles. The Balaban J connectivity index is 1.41. The maximum absolute atomic E-state index is 14.1. The van der Waals surface area contributed by atoms with Gasteiger partial charge in [-0.05, 0) is 91.8 Å². The molecule has 45 heavy (non-hydrogen) atoms. The molecule has 0 aliphatic carbocycles. The average molecular weight is 646 g/mol. The van der Waals surface area contributed by atoms with Gasteiger partial charge in [-0.2, -0.15) is 0 Å². The van der Waals surface area contributed by atoms with Gasteiger partial charge >= 0.3 is 0 Å². The van der Waals surface area contributed by atoms with Crippen molar-refractivity contribution >= 4 is 29.1 Å². The number of nitrogens with zero attached hydrogens (tertiary/aromatic N) is 2. The predicted octanol–water partition coefficient (Wildman–Crippen LogP) is 9.86. The van der Waals surface area contributed by atoms with Crippen LogP contribution in [-0.4, -0.2) is 33.9 Å². The Kier molecular flexibility index (Phi) is 11.7. The van der Waals surface area contributed by atoms with E-state index in [4.69, 9.17) is 23.2 Å². The van der Waals surface area contributed by atoms with Gasteiger partial charge in [0.05, 0.1) is 6.04 Å². The number of aryl methyl sites for hydroxylation is 1. The largest absolute Gasteiger partial charge is 0.275 e. The average Bonchev–Trinajstić information content (AvgIpc) is 3.07. The molecular formula is C39H43Cl2FN2O. The van der Waals surface area contributed by atoms with E-state index in [0.717, 1.165) is 50.6 Å². The van der Waals surface area contributed by atoms with E-state index in [-0.39, 0.29) is 23.2 Å². The molecule has 0 saturated heterocycles. The molecule has 6 heteroatoms. The number of hydrazine groups is 1. The number of carbonyl (C=O) groups is 1. The molecule has 5 rings (SSSR count). The summed E-state index contributed by atoms with van der Waals surface area (Å²) in [4.78, 5) is 13.7. The number of hydrogen-bond donors (Lipinski definition) is 0. The van der Waals surface area contributed by atoms with Crippen LogP contribution in [0.5, 0.6) is 0 Å². The molecular weight excluding hydrogens is 602 g/mol. The molecule has 4 aromatic carbocycles. The van der Waals surface area contributed by atoms with E-state index in [9.17, 15) is 9.18 Å². The van der Waals surface area contributed by atoms with Crippen molar-refractivity contribution in [1.82, 2.24) is 10.0 Å². The van der Waals surface area contributed by atoms with E-state index in [1.54, 1.807) is 12.1 Å². The van der Waals surface area contributed by atoms with Crippen LogP contribution in [0.2, 0.25) is 0 Å². The molecule has 0 radical (unpaired) electrons. The topological polar surface area (TPSA) is 23.6 Å². The van der Waals surface area contributed by atoms with Gasteiger partial charge in [-0.3, -0.25) is 9.80 Å². The van der Waals surface area contributed by atoms with Gasteiger partial charge in [0, 0.05) is 24.9 Å². The summed E-state index contributed by atoms with van der Waals surface area (Å²) in [6.45, 7) is 3.60. The van der Waals surface area contributed by atoms with Gasteiger partial charge in [0.1, 0.15) is 10.7 Å². The zero-order valence-electron chi connectivity index (χ0n) is 26.1.